The standard InChI is InChI=1S/C12H23N3O/c1-9(8-16)13-7-5-6-12-10(2)14-15(4)11(12)3/h9,13,16H,5-8H2,1-4H3. The summed E-state index contributed by atoms with van der Waals surface area (Å²) in [5.74, 6) is 0. The maximum atomic E-state index is 8.87. The number of aryl methyl sites for hydroxylation is 2. The highest BCUT2D eigenvalue weighted by Gasteiger charge is 2.08. The molecule has 92 valence electrons. The molecule has 0 aliphatic rings. The van der Waals surface area contributed by atoms with Gasteiger partial charge in [-0.25, -0.2) is 0 Å². The predicted molar refractivity (Wildman–Crippen MR) is 65.6 cm³/mol. The predicted octanol–water partition coefficient (Wildman–Crippen LogP) is 0.940. The van der Waals surface area contributed by atoms with E-state index in [2.05, 4.69) is 24.3 Å². The average Bonchev–Trinajstić information content (AvgIpc) is 2.49. The molecule has 0 fully saturated rings. The van der Waals surface area contributed by atoms with Gasteiger partial charge in [0.15, 0.2) is 0 Å². The van der Waals surface area contributed by atoms with E-state index in [1.54, 1.807) is 0 Å². The fourth-order valence-electron chi connectivity index (χ4n) is 1.86. The summed E-state index contributed by atoms with van der Waals surface area (Å²) in [6.07, 6.45) is 2.13. The molecule has 1 heterocycles. The van der Waals surface area contributed by atoms with Crippen LogP contribution in [0.3, 0.4) is 0 Å². The molecular formula is C12H23N3O. The highest BCUT2D eigenvalue weighted by Crippen LogP contribution is 2.13. The van der Waals surface area contributed by atoms with Gasteiger partial charge in [0.2, 0.25) is 0 Å². The van der Waals surface area contributed by atoms with Crippen molar-refractivity contribution in [1.82, 2.24) is 15.1 Å². The van der Waals surface area contributed by atoms with E-state index in [1.807, 2.05) is 18.7 Å². The zero-order chi connectivity index (χ0) is 12.1. The molecule has 1 aromatic heterocycles. The first kappa shape index (κ1) is 13.2. The van der Waals surface area contributed by atoms with Crippen LogP contribution in [0.25, 0.3) is 0 Å². The molecule has 4 nitrogen and oxygen atoms in total. The SMILES string of the molecule is Cc1nn(C)c(C)c1CCCNC(C)CO. The molecule has 0 aliphatic heterocycles. The van der Waals surface area contributed by atoms with Gasteiger partial charge in [-0.1, -0.05) is 0 Å². The fourth-order valence-corrected chi connectivity index (χ4v) is 1.86. The second-order valence-corrected chi connectivity index (χ2v) is 4.41. The van der Waals surface area contributed by atoms with Crippen LogP contribution < -0.4 is 5.32 Å². The first-order valence-corrected chi connectivity index (χ1v) is 5.89. The van der Waals surface area contributed by atoms with Gasteiger partial charge in [-0.3, -0.25) is 4.68 Å². The summed E-state index contributed by atoms with van der Waals surface area (Å²) in [5.41, 5.74) is 3.75. The molecule has 1 aromatic rings. The van der Waals surface area contributed by atoms with E-state index in [0.717, 1.165) is 25.1 Å². The minimum absolute atomic E-state index is 0.191. The van der Waals surface area contributed by atoms with Crippen molar-refractivity contribution in [2.45, 2.75) is 39.7 Å². The molecule has 0 radical (unpaired) electrons. The lowest BCUT2D eigenvalue weighted by molar-refractivity contribution is 0.251. The van der Waals surface area contributed by atoms with Crippen molar-refractivity contribution in [3.8, 4) is 0 Å². The molecule has 1 atom stereocenters. The molecule has 0 bridgehead atoms. The van der Waals surface area contributed by atoms with Crippen LogP contribution in [0.2, 0.25) is 0 Å². The van der Waals surface area contributed by atoms with Crippen LogP contribution in [0.1, 0.15) is 30.3 Å². The Bertz CT molecular complexity index is 333. The topological polar surface area (TPSA) is 50.1 Å². The van der Waals surface area contributed by atoms with Gasteiger partial charge in [0.05, 0.1) is 12.3 Å². The summed E-state index contributed by atoms with van der Waals surface area (Å²) in [5, 5.41) is 16.5. The second kappa shape index (κ2) is 6.01. The van der Waals surface area contributed by atoms with Gasteiger partial charge < -0.3 is 10.4 Å². The van der Waals surface area contributed by atoms with Crippen molar-refractivity contribution in [3.63, 3.8) is 0 Å². The van der Waals surface area contributed by atoms with Gasteiger partial charge in [0.1, 0.15) is 0 Å². The zero-order valence-corrected chi connectivity index (χ0v) is 10.7. The molecule has 16 heavy (non-hydrogen) atoms. The average molecular weight is 225 g/mol. The molecule has 0 saturated carbocycles. The molecule has 1 rings (SSSR count). The number of nitrogens with one attached hydrogen (secondary N) is 1. The Hall–Kier alpha value is -0.870. The van der Waals surface area contributed by atoms with Crippen molar-refractivity contribution >= 4 is 0 Å². The lowest BCUT2D eigenvalue weighted by Crippen LogP contribution is -2.30. The Morgan fingerprint density at radius 3 is 2.62 bits per heavy atom. The summed E-state index contributed by atoms with van der Waals surface area (Å²) in [4.78, 5) is 0. The van der Waals surface area contributed by atoms with E-state index >= 15 is 0 Å². The summed E-state index contributed by atoms with van der Waals surface area (Å²) >= 11 is 0. The van der Waals surface area contributed by atoms with Crippen LogP contribution in [-0.2, 0) is 13.5 Å². The Balaban J connectivity index is 2.37. The Morgan fingerprint density at radius 2 is 2.12 bits per heavy atom. The third-order valence-electron chi connectivity index (χ3n) is 3.03. The Labute approximate surface area is 97.7 Å². The lowest BCUT2D eigenvalue weighted by atomic mass is 10.1. The Kier molecular flexibility index (Phi) is 4.96. The van der Waals surface area contributed by atoms with Crippen molar-refractivity contribution < 1.29 is 5.11 Å². The maximum Gasteiger partial charge on any atom is 0.0628 e. The van der Waals surface area contributed by atoms with Gasteiger partial charge in [0.25, 0.3) is 0 Å². The first-order valence-electron chi connectivity index (χ1n) is 5.89. The fraction of sp³-hybridized carbons (Fsp3) is 0.750. The van der Waals surface area contributed by atoms with Gasteiger partial charge >= 0.3 is 0 Å². The van der Waals surface area contributed by atoms with Gasteiger partial charge in [-0.15, -0.1) is 0 Å². The highest BCUT2D eigenvalue weighted by molar-refractivity contribution is 5.24. The maximum absolute atomic E-state index is 8.87. The molecule has 0 amide bonds. The lowest BCUT2D eigenvalue weighted by Gasteiger charge is -2.10. The van der Waals surface area contributed by atoms with Crippen LogP contribution in [-0.4, -0.2) is 34.1 Å². The zero-order valence-electron chi connectivity index (χ0n) is 10.7. The third-order valence-corrected chi connectivity index (χ3v) is 3.03. The molecule has 2 N–H and O–H groups in total. The number of aliphatic hydroxyl groups is 1. The minimum Gasteiger partial charge on any atom is -0.395 e. The Morgan fingerprint density at radius 1 is 1.44 bits per heavy atom. The molecule has 0 spiro atoms. The first-order chi connectivity index (χ1) is 7.56. The smallest absolute Gasteiger partial charge is 0.0628 e. The molecule has 0 saturated heterocycles. The number of aliphatic hydroxyl groups excluding tert-OH is 1. The van der Waals surface area contributed by atoms with Gasteiger partial charge in [0, 0.05) is 18.8 Å². The molecular weight excluding hydrogens is 202 g/mol. The van der Waals surface area contributed by atoms with Crippen molar-refractivity contribution in [2.75, 3.05) is 13.2 Å². The normalized spacial score (nSPS) is 13.1. The van der Waals surface area contributed by atoms with E-state index in [1.165, 1.54) is 11.3 Å². The number of hydrogen-bond donors (Lipinski definition) is 2. The quantitative estimate of drug-likeness (QED) is 0.708. The van der Waals surface area contributed by atoms with E-state index in [9.17, 15) is 0 Å². The van der Waals surface area contributed by atoms with E-state index in [-0.39, 0.29) is 12.6 Å². The van der Waals surface area contributed by atoms with Crippen molar-refractivity contribution in [2.24, 2.45) is 7.05 Å². The van der Waals surface area contributed by atoms with E-state index in [0.29, 0.717) is 0 Å². The monoisotopic (exact) mass is 225 g/mol. The van der Waals surface area contributed by atoms with E-state index < -0.39 is 0 Å². The second-order valence-electron chi connectivity index (χ2n) is 4.41. The van der Waals surface area contributed by atoms with Crippen LogP contribution in [0.4, 0.5) is 0 Å². The summed E-state index contributed by atoms with van der Waals surface area (Å²) < 4.78 is 1.94. The number of rotatable bonds is 6. The molecule has 1 unspecified atom stereocenters. The largest absolute Gasteiger partial charge is 0.395 e. The molecule has 4 heteroatoms. The van der Waals surface area contributed by atoms with Crippen molar-refractivity contribution in [1.29, 1.82) is 0 Å². The summed E-state index contributed by atoms with van der Waals surface area (Å²) in [6, 6.07) is 0.191. The summed E-state index contributed by atoms with van der Waals surface area (Å²) in [7, 11) is 1.98. The van der Waals surface area contributed by atoms with Gasteiger partial charge in [-0.05, 0) is 45.7 Å². The summed E-state index contributed by atoms with van der Waals surface area (Å²) in [6.45, 7) is 7.30. The molecule has 0 aliphatic carbocycles. The molecule has 0 aromatic carbocycles. The highest BCUT2D eigenvalue weighted by atomic mass is 16.3. The van der Waals surface area contributed by atoms with Crippen LogP contribution in [0.15, 0.2) is 0 Å². The van der Waals surface area contributed by atoms with Crippen molar-refractivity contribution in [3.05, 3.63) is 17.0 Å². The number of hydrogen-bond acceptors (Lipinski definition) is 3. The van der Waals surface area contributed by atoms with Crippen LogP contribution in [0, 0.1) is 13.8 Å². The van der Waals surface area contributed by atoms with Crippen LogP contribution >= 0.6 is 0 Å². The van der Waals surface area contributed by atoms with Gasteiger partial charge in [-0.2, -0.15) is 5.10 Å². The number of nitrogens with zero attached hydrogens (tertiary/aromatic N) is 2. The van der Waals surface area contributed by atoms with Crippen LogP contribution in [0.5, 0.6) is 0 Å². The number of aromatic nitrogens is 2. The minimum atomic E-state index is 0.191. The third kappa shape index (κ3) is 3.32. The van der Waals surface area contributed by atoms with E-state index in [4.69, 9.17) is 5.11 Å².